The van der Waals surface area contributed by atoms with Crippen LogP contribution in [-0.4, -0.2) is 26.8 Å². The second kappa shape index (κ2) is 6.91. The third-order valence-corrected chi connectivity index (χ3v) is 3.47. The molecule has 6 heteroatoms. The molecule has 0 saturated carbocycles. The first-order chi connectivity index (χ1) is 10.7. The van der Waals surface area contributed by atoms with Gasteiger partial charge < -0.3 is 14.8 Å². The molecule has 23 heavy (non-hydrogen) atoms. The zero-order chi connectivity index (χ0) is 17.0. The van der Waals surface area contributed by atoms with Gasteiger partial charge in [0.1, 0.15) is 6.04 Å². The van der Waals surface area contributed by atoms with Gasteiger partial charge in [0.15, 0.2) is 0 Å². The maximum Gasteiger partial charge on any atom is 0.251 e. The molecule has 1 amide bonds. The van der Waals surface area contributed by atoms with Crippen LogP contribution in [0.4, 0.5) is 0 Å². The lowest BCUT2D eigenvalue weighted by Gasteiger charge is -2.17. The molecule has 0 aliphatic heterocycles. The number of nitrogens with zero attached hydrogens (tertiary/aromatic N) is 2. The summed E-state index contributed by atoms with van der Waals surface area (Å²) >= 11 is 0. The fourth-order valence-corrected chi connectivity index (χ4v) is 2.15. The van der Waals surface area contributed by atoms with E-state index in [-0.39, 0.29) is 11.9 Å². The first-order valence-electron chi connectivity index (χ1n) is 7.67. The van der Waals surface area contributed by atoms with Crippen molar-refractivity contribution in [2.75, 3.05) is 0 Å². The van der Waals surface area contributed by atoms with Crippen molar-refractivity contribution in [1.29, 1.82) is 0 Å². The van der Waals surface area contributed by atoms with Crippen LogP contribution >= 0.6 is 0 Å². The minimum absolute atomic E-state index is 0.196. The van der Waals surface area contributed by atoms with Crippen molar-refractivity contribution in [1.82, 2.24) is 15.5 Å². The summed E-state index contributed by atoms with van der Waals surface area (Å²) in [4.78, 5) is 12.3. The Bertz CT molecular complexity index is 674. The SMILES string of the molecule is Cc1nnc([C@@H](C)NC(=O)c2cccc(CCC(C)(C)O)c2)o1. The summed E-state index contributed by atoms with van der Waals surface area (Å²) in [6.07, 6.45) is 1.35. The molecular formula is C17H23N3O3. The number of amides is 1. The first kappa shape index (κ1) is 17.1. The number of aryl methyl sites for hydroxylation is 2. The average Bonchev–Trinajstić information content (AvgIpc) is 2.91. The largest absolute Gasteiger partial charge is 0.423 e. The molecule has 0 aliphatic carbocycles. The van der Waals surface area contributed by atoms with Gasteiger partial charge in [0.25, 0.3) is 5.91 Å². The van der Waals surface area contributed by atoms with Gasteiger partial charge in [-0.25, -0.2) is 0 Å². The maximum atomic E-state index is 12.3. The van der Waals surface area contributed by atoms with Crippen molar-refractivity contribution in [3.63, 3.8) is 0 Å². The Kier molecular flexibility index (Phi) is 5.15. The summed E-state index contributed by atoms with van der Waals surface area (Å²) in [7, 11) is 0. The molecule has 2 rings (SSSR count). The van der Waals surface area contributed by atoms with E-state index in [1.54, 1.807) is 33.8 Å². The van der Waals surface area contributed by atoms with E-state index in [9.17, 15) is 9.90 Å². The molecule has 0 spiro atoms. The molecule has 1 atom stereocenters. The highest BCUT2D eigenvalue weighted by molar-refractivity contribution is 5.94. The van der Waals surface area contributed by atoms with E-state index in [1.807, 2.05) is 18.2 Å². The number of aliphatic hydroxyl groups is 1. The van der Waals surface area contributed by atoms with Gasteiger partial charge in [0.05, 0.1) is 5.60 Å². The molecule has 0 aliphatic rings. The summed E-state index contributed by atoms with van der Waals surface area (Å²) in [5.41, 5.74) is 0.866. The highest BCUT2D eigenvalue weighted by Crippen LogP contribution is 2.16. The number of nitrogens with one attached hydrogen (secondary N) is 1. The molecule has 0 fully saturated rings. The van der Waals surface area contributed by atoms with Crippen LogP contribution in [0.5, 0.6) is 0 Å². The first-order valence-corrected chi connectivity index (χ1v) is 7.67. The average molecular weight is 317 g/mol. The Morgan fingerprint density at radius 1 is 1.39 bits per heavy atom. The van der Waals surface area contributed by atoms with Gasteiger partial charge in [-0.2, -0.15) is 0 Å². The van der Waals surface area contributed by atoms with Gasteiger partial charge in [-0.1, -0.05) is 12.1 Å². The third kappa shape index (κ3) is 5.17. The number of hydrogen-bond donors (Lipinski definition) is 2. The lowest BCUT2D eigenvalue weighted by atomic mass is 9.98. The number of carbonyl (C=O) groups excluding carboxylic acids is 1. The number of aromatic nitrogens is 2. The van der Waals surface area contributed by atoms with Crippen LogP contribution in [0.1, 0.15) is 60.9 Å². The fourth-order valence-electron chi connectivity index (χ4n) is 2.15. The van der Waals surface area contributed by atoms with E-state index in [4.69, 9.17) is 4.42 Å². The van der Waals surface area contributed by atoms with E-state index in [2.05, 4.69) is 15.5 Å². The number of rotatable bonds is 6. The predicted octanol–water partition coefficient (Wildman–Crippen LogP) is 2.57. The van der Waals surface area contributed by atoms with Crippen molar-refractivity contribution in [2.45, 2.75) is 52.2 Å². The van der Waals surface area contributed by atoms with Gasteiger partial charge in [-0.15, -0.1) is 10.2 Å². The van der Waals surface area contributed by atoms with E-state index < -0.39 is 5.60 Å². The second-order valence-corrected chi connectivity index (χ2v) is 6.37. The molecule has 0 bridgehead atoms. The molecule has 1 aromatic heterocycles. The molecule has 1 heterocycles. The molecule has 0 saturated heterocycles. The highest BCUT2D eigenvalue weighted by atomic mass is 16.4. The molecule has 0 radical (unpaired) electrons. The minimum atomic E-state index is -0.720. The summed E-state index contributed by atoms with van der Waals surface area (Å²) < 4.78 is 5.32. The Balaban J connectivity index is 2.02. The lowest BCUT2D eigenvalue weighted by Crippen LogP contribution is -2.27. The van der Waals surface area contributed by atoms with Crippen LogP contribution in [-0.2, 0) is 6.42 Å². The monoisotopic (exact) mass is 317 g/mol. The lowest BCUT2D eigenvalue weighted by molar-refractivity contribution is 0.0714. The topological polar surface area (TPSA) is 88.2 Å². The minimum Gasteiger partial charge on any atom is -0.423 e. The Morgan fingerprint density at radius 2 is 2.13 bits per heavy atom. The standard InChI is InChI=1S/C17H23N3O3/c1-11(16-20-19-12(2)23-16)18-15(21)14-7-5-6-13(10-14)8-9-17(3,4)22/h5-7,10-11,22H,8-9H2,1-4H3,(H,18,21)/t11-/m1/s1. The number of hydrogen-bond acceptors (Lipinski definition) is 5. The van der Waals surface area contributed by atoms with Crippen LogP contribution in [0.25, 0.3) is 0 Å². The van der Waals surface area contributed by atoms with Crippen molar-refractivity contribution < 1.29 is 14.3 Å². The quantitative estimate of drug-likeness (QED) is 0.855. The number of benzene rings is 1. The molecule has 1 aromatic carbocycles. The Hall–Kier alpha value is -2.21. The summed E-state index contributed by atoms with van der Waals surface area (Å²) in [6, 6.07) is 7.04. The zero-order valence-electron chi connectivity index (χ0n) is 14.0. The smallest absolute Gasteiger partial charge is 0.251 e. The van der Waals surface area contributed by atoms with Gasteiger partial charge in [0.2, 0.25) is 11.8 Å². The van der Waals surface area contributed by atoms with E-state index >= 15 is 0 Å². The van der Waals surface area contributed by atoms with Crippen LogP contribution in [0.2, 0.25) is 0 Å². The molecule has 6 nitrogen and oxygen atoms in total. The summed E-state index contributed by atoms with van der Waals surface area (Å²) in [5, 5.41) is 20.3. The van der Waals surface area contributed by atoms with Crippen LogP contribution in [0.3, 0.4) is 0 Å². The van der Waals surface area contributed by atoms with Crippen LogP contribution in [0, 0.1) is 6.92 Å². The molecule has 2 N–H and O–H groups in total. The highest BCUT2D eigenvalue weighted by Gasteiger charge is 2.17. The molecular weight excluding hydrogens is 294 g/mol. The van der Waals surface area contributed by atoms with E-state index in [0.29, 0.717) is 30.2 Å². The maximum absolute atomic E-state index is 12.3. The Morgan fingerprint density at radius 3 is 2.74 bits per heavy atom. The zero-order valence-corrected chi connectivity index (χ0v) is 14.0. The van der Waals surface area contributed by atoms with Crippen molar-refractivity contribution in [3.05, 3.63) is 47.2 Å². The van der Waals surface area contributed by atoms with Crippen LogP contribution in [0.15, 0.2) is 28.7 Å². The van der Waals surface area contributed by atoms with E-state index in [1.165, 1.54) is 0 Å². The summed E-state index contributed by atoms with van der Waals surface area (Å²) in [5.74, 6) is 0.655. The van der Waals surface area contributed by atoms with Crippen molar-refractivity contribution >= 4 is 5.91 Å². The van der Waals surface area contributed by atoms with Crippen molar-refractivity contribution in [3.8, 4) is 0 Å². The summed E-state index contributed by atoms with van der Waals surface area (Å²) in [6.45, 7) is 7.05. The van der Waals surface area contributed by atoms with Crippen LogP contribution < -0.4 is 5.32 Å². The normalized spacial score (nSPS) is 12.9. The second-order valence-electron chi connectivity index (χ2n) is 6.37. The molecule has 0 unspecified atom stereocenters. The molecule has 124 valence electrons. The molecule has 2 aromatic rings. The van der Waals surface area contributed by atoms with Gasteiger partial charge in [-0.3, -0.25) is 4.79 Å². The van der Waals surface area contributed by atoms with Gasteiger partial charge >= 0.3 is 0 Å². The third-order valence-electron chi connectivity index (χ3n) is 3.47. The van der Waals surface area contributed by atoms with Crippen molar-refractivity contribution in [2.24, 2.45) is 0 Å². The predicted molar refractivity (Wildman–Crippen MR) is 86.0 cm³/mol. The number of carbonyl (C=O) groups is 1. The van der Waals surface area contributed by atoms with Gasteiger partial charge in [0, 0.05) is 12.5 Å². The Labute approximate surface area is 135 Å². The van der Waals surface area contributed by atoms with E-state index in [0.717, 1.165) is 5.56 Å². The fraction of sp³-hybridized carbons (Fsp3) is 0.471. The van der Waals surface area contributed by atoms with Gasteiger partial charge in [-0.05, 0) is 51.3 Å².